The number of nitrogens with one attached hydrogen (secondary N) is 4. The third-order valence-electron chi connectivity index (χ3n) is 7.26. The third-order valence-corrected chi connectivity index (χ3v) is 7.26. The minimum atomic E-state index is -0.385. The summed E-state index contributed by atoms with van der Waals surface area (Å²) in [4.78, 5) is 37.9. The number of rotatable bonds is 11. The normalized spacial score (nSPS) is 11.7. The molecule has 0 atom stereocenters. The summed E-state index contributed by atoms with van der Waals surface area (Å²) in [6.07, 6.45) is 6.58. The van der Waals surface area contributed by atoms with Crippen molar-refractivity contribution in [1.29, 1.82) is 0 Å². The number of hydrogen-bond acceptors (Lipinski definition) is 9. The van der Waals surface area contributed by atoms with Crippen LogP contribution in [0.3, 0.4) is 0 Å². The van der Waals surface area contributed by atoms with E-state index in [1.54, 1.807) is 10.9 Å². The van der Waals surface area contributed by atoms with Gasteiger partial charge in [-0.15, -0.1) is 0 Å². The first-order valence-corrected chi connectivity index (χ1v) is 15.3. The van der Waals surface area contributed by atoms with Crippen LogP contribution >= 0.6 is 0 Å². The molecule has 48 heavy (non-hydrogen) atoms. The Morgan fingerprint density at radius 3 is 2.46 bits per heavy atom. The van der Waals surface area contributed by atoms with Gasteiger partial charge in [0.1, 0.15) is 30.6 Å². The molecule has 2 aromatic carbocycles. The van der Waals surface area contributed by atoms with E-state index in [9.17, 15) is 9.59 Å². The quantitative estimate of drug-likeness (QED) is 0.119. The molecule has 0 unspecified atom stereocenters. The lowest BCUT2D eigenvalue weighted by Gasteiger charge is -2.15. The fraction of sp³-hybridized carbons (Fsp3) is 0.257. The highest BCUT2D eigenvalue weighted by Gasteiger charge is 2.21. The summed E-state index contributed by atoms with van der Waals surface area (Å²) in [7, 11) is 1.44. The zero-order valence-electron chi connectivity index (χ0n) is 27.8. The lowest BCUT2D eigenvalue weighted by Crippen LogP contribution is -2.21. The molecule has 0 spiro atoms. The van der Waals surface area contributed by atoms with E-state index in [4.69, 9.17) is 14.6 Å². The molecular formula is C35H39N9O4. The second-order valence-corrected chi connectivity index (χ2v) is 12.0. The molecule has 3 heterocycles. The maximum absolute atomic E-state index is 13.2. The van der Waals surface area contributed by atoms with E-state index in [1.165, 1.54) is 19.5 Å². The van der Waals surface area contributed by atoms with Crippen molar-refractivity contribution in [2.75, 3.05) is 35.0 Å². The van der Waals surface area contributed by atoms with Crippen molar-refractivity contribution >= 4 is 57.4 Å². The largest absolute Gasteiger partial charge is 0.488 e. The molecule has 0 bridgehead atoms. The minimum absolute atomic E-state index is 0.0880. The fourth-order valence-electron chi connectivity index (χ4n) is 4.73. The van der Waals surface area contributed by atoms with Crippen molar-refractivity contribution in [2.24, 2.45) is 0 Å². The molecule has 0 aliphatic carbocycles. The van der Waals surface area contributed by atoms with Gasteiger partial charge in [0, 0.05) is 41.3 Å². The number of carbonyl (C=O) groups excluding carboxylic acids is 2. The summed E-state index contributed by atoms with van der Waals surface area (Å²) in [5, 5.41) is 18.1. The molecular weight excluding hydrogens is 610 g/mol. The summed E-state index contributed by atoms with van der Waals surface area (Å²) in [6.45, 7) is 10.3. The number of anilines is 5. The number of carbonyl (C=O) groups is 2. The maximum Gasteiger partial charge on any atom is 0.324 e. The van der Waals surface area contributed by atoms with Gasteiger partial charge in [-0.3, -0.25) is 15.1 Å². The van der Waals surface area contributed by atoms with Gasteiger partial charge in [0.05, 0.1) is 23.8 Å². The average Bonchev–Trinajstić information content (AvgIpc) is 3.49. The molecule has 5 rings (SSSR count). The first-order valence-electron chi connectivity index (χ1n) is 15.3. The zero-order chi connectivity index (χ0) is 34.3. The summed E-state index contributed by atoms with van der Waals surface area (Å²) < 4.78 is 12.8. The number of aromatic nitrogens is 5. The summed E-state index contributed by atoms with van der Waals surface area (Å²) >= 11 is 0. The summed E-state index contributed by atoms with van der Waals surface area (Å²) in [5.74, 6) is 2.13. The predicted molar refractivity (Wildman–Crippen MR) is 188 cm³/mol. The molecule has 5 aromatic rings. The van der Waals surface area contributed by atoms with Gasteiger partial charge in [0.2, 0.25) is 0 Å². The van der Waals surface area contributed by atoms with Gasteiger partial charge in [-0.2, -0.15) is 5.10 Å². The van der Waals surface area contributed by atoms with Crippen molar-refractivity contribution in [2.45, 2.75) is 46.6 Å². The lowest BCUT2D eigenvalue weighted by atomic mass is 9.92. The Labute approximate surface area is 278 Å². The Morgan fingerprint density at radius 1 is 0.938 bits per heavy atom. The number of hydrogen-bond donors (Lipinski definition) is 4. The lowest BCUT2D eigenvalue weighted by molar-refractivity contribution is -0.119. The fourth-order valence-corrected chi connectivity index (χ4v) is 4.73. The van der Waals surface area contributed by atoms with Crippen LogP contribution in [0.2, 0.25) is 0 Å². The van der Waals surface area contributed by atoms with Gasteiger partial charge < -0.3 is 25.4 Å². The van der Waals surface area contributed by atoms with Gasteiger partial charge in [-0.25, -0.2) is 19.4 Å². The number of benzene rings is 2. The molecule has 4 N–H and O–H groups in total. The molecule has 0 saturated heterocycles. The smallest absolute Gasteiger partial charge is 0.324 e. The zero-order valence-corrected chi connectivity index (χ0v) is 27.8. The standard InChI is InChI=1S/C35H39N9O4/c1-7-22(2)44-32(17-28(43-44)35(3,4)5)42-34(46)38-26-12-13-27(25-11-9-8-10-24(25)26)48-20-23-14-15-37-29(16-23)39-30-18-36-19-31(40-30)41-33(45)21-47-6/h7-19H,20-21H2,1-6H3,(H2,38,42,46)(H2,37,39,40,41,45)/b22-7+. The van der Waals surface area contributed by atoms with Crippen LogP contribution in [-0.2, 0) is 21.6 Å². The molecule has 0 saturated carbocycles. The number of amides is 3. The van der Waals surface area contributed by atoms with Crippen molar-refractivity contribution < 1.29 is 19.1 Å². The van der Waals surface area contributed by atoms with Crippen LogP contribution < -0.4 is 26.0 Å². The van der Waals surface area contributed by atoms with Gasteiger partial charge in [0.25, 0.3) is 5.91 Å². The average molecular weight is 650 g/mol. The van der Waals surface area contributed by atoms with Crippen LogP contribution in [0.1, 0.15) is 45.9 Å². The molecule has 13 heteroatoms. The minimum Gasteiger partial charge on any atom is -0.488 e. The van der Waals surface area contributed by atoms with Gasteiger partial charge in [-0.1, -0.05) is 51.1 Å². The van der Waals surface area contributed by atoms with Crippen molar-refractivity contribution in [3.05, 3.63) is 90.5 Å². The molecule has 0 fully saturated rings. The predicted octanol–water partition coefficient (Wildman–Crippen LogP) is 6.95. The van der Waals surface area contributed by atoms with E-state index in [1.807, 2.05) is 74.5 Å². The number of allylic oxidation sites excluding steroid dienone is 2. The number of pyridine rings is 1. The number of fused-ring (bicyclic) bond motifs is 1. The second-order valence-electron chi connectivity index (χ2n) is 12.0. The van der Waals surface area contributed by atoms with Crippen LogP contribution in [0.4, 0.5) is 33.8 Å². The number of methoxy groups -OCH3 is 1. The van der Waals surface area contributed by atoms with E-state index >= 15 is 0 Å². The molecule has 3 amide bonds. The molecule has 0 radical (unpaired) electrons. The van der Waals surface area contributed by atoms with Crippen molar-refractivity contribution in [3.8, 4) is 5.75 Å². The van der Waals surface area contributed by atoms with Gasteiger partial charge in [0.15, 0.2) is 11.6 Å². The van der Waals surface area contributed by atoms with Crippen LogP contribution in [0.5, 0.6) is 5.75 Å². The third kappa shape index (κ3) is 8.30. The van der Waals surface area contributed by atoms with Crippen LogP contribution in [0, 0.1) is 0 Å². The van der Waals surface area contributed by atoms with Crippen LogP contribution in [0.25, 0.3) is 16.5 Å². The molecule has 0 aliphatic rings. The van der Waals surface area contributed by atoms with E-state index in [0.29, 0.717) is 28.9 Å². The molecule has 3 aromatic heterocycles. The molecule has 13 nitrogen and oxygen atoms in total. The van der Waals surface area contributed by atoms with Gasteiger partial charge in [-0.05, 0) is 43.7 Å². The van der Waals surface area contributed by atoms with Gasteiger partial charge >= 0.3 is 6.03 Å². The van der Waals surface area contributed by atoms with Crippen LogP contribution in [-0.4, -0.2) is 50.4 Å². The van der Waals surface area contributed by atoms with E-state index in [2.05, 4.69) is 57.0 Å². The highest BCUT2D eigenvalue weighted by molar-refractivity contribution is 6.07. The first-order chi connectivity index (χ1) is 23.0. The maximum atomic E-state index is 13.2. The van der Waals surface area contributed by atoms with Crippen LogP contribution in [0.15, 0.2) is 79.3 Å². The topological polar surface area (TPSA) is 157 Å². The van der Waals surface area contributed by atoms with E-state index < -0.39 is 0 Å². The highest BCUT2D eigenvalue weighted by atomic mass is 16.5. The Balaban J connectivity index is 1.28. The Kier molecular flexibility index (Phi) is 10.3. The monoisotopic (exact) mass is 649 g/mol. The molecule has 0 aliphatic heterocycles. The van der Waals surface area contributed by atoms with E-state index in [0.717, 1.165) is 27.7 Å². The number of urea groups is 1. The van der Waals surface area contributed by atoms with E-state index in [-0.39, 0.29) is 36.4 Å². The highest BCUT2D eigenvalue weighted by Crippen LogP contribution is 2.33. The SMILES string of the molecule is C/C=C(\C)n1nc(C(C)(C)C)cc1NC(=O)Nc1ccc(OCc2ccnc(Nc3cncc(NC(=O)COC)n3)c2)c2ccccc12. The first kappa shape index (κ1) is 33.5. The Hall–Kier alpha value is -5.82. The summed E-state index contributed by atoms with van der Waals surface area (Å²) in [5.41, 5.74) is 3.08. The molecule has 248 valence electrons. The summed E-state index contributed by atoms with van der Waals surface area (Å²) in [6, 6.07) is 16.6. The number of ether oxygens (including phenoxy) is 2. The number of nitrogens with zero attached hydrogens (tertiary/aromatic N) is 5. The second kappa shape index (κ2) is 14.7. The Morgan fingerprint density at radius 2 is 1.71 bits per heavy atom. The van der Waals surface area contributed by atoms with Crippen molar-refractivity contribution in [3.63, 3.8) is 0 Å². The van der Waals surface area contributed by atoms with Crippen molar-refractivity contribution in [1.82, 2.24) is 24.7 Å². The Bertz CT molecular complexity index is 1960.